The van der Waals surface area contributed by atoms with Gasteiger partial charge < -0.3 is 4.74 Å². The van der Waals surface area contributed by atoms with Crippen LogP contribution < -0.4 is 4.74 Å². The van der Waals surface area contributed by atoms with E-state index in [1.54, 1.807) is 37.4 Å². The van der Waals surface area contributed by atoms with Crippen molar-refractivity contribution < 1.29 is 21.9 Å². The van der Waals surface area contributed by atoms with Crippen LogP contribution >= 0.6 is 0 Å². The van der Waals surface area contributed by atoms with E-state index in [-0.39, 0.29) is 10.5 Å². The van der Waals surface area contributed by atoms with Gasteiger partial charge in [0.1, 0.15) is 5.75 Å². The molecule has 0 aliphatic carbocycles. The molecule has 0 spiro atoms. The fourth-order valence-electron chi connectivity index (χ4n) is 2.99. The lowest BCUT2D eigenvalue weighted by Gasteiger charge is -2.14. The second-order valence-corrected chi connectivity index (χ2v) is 8.28. The fourth-order valence-corrected chi connectivity index (χ4v) is 3.62. The Morgan fingerprint density at radius 1 is 0.889 bits per heavy atom. The van der Waals surface area contributed by atoms with E-state index < -0.39 is 21.5 Å². The fraction of sp³-hybridized carbons (Fsp3) is 0.143. The van der Waals surface area contributed by atoms with E-state index in [4.69, 9.17) is 4.74 Å². The number of methoxy groups -OCH3 is 1. The zero-order valence-corrected chi connectivity index (χ0v) is 15.9. The van der Waals surface area contributed by atoms with E-state index in [9.17, 15) is 17.2 Å². The van der Waals surface area contributed by atoms with Crippen molar-refractivity contribution in [2.24, 2.45) is 0 Å². The van der Waals surface area contributed by atoms with E-state index in [1.807, 2.05) is 6.92 Å². The molecule has 0 aromatic heterocycles. The molecule has 140 valence electrons. The van der Waals surface area contributed by atoms with Crippen LogP contribution in [0.3, 0.4) is 0 Å². The summed E-state index contributed by atoms with van der Waals surface area (Å²) >= 11 is 0. The van der Waals surface area contributed by atoms with Gasteiger partial charge >= 0.3 is 0 Å². The number of hydrogen-bond acceptors (Lipinski definition) is 3. The van der Waals surface area contributed by atoms with Crippen molar-refractivity contribution in [2.45, 2.75) is 11.8 Å². The molecule has 0 aliphatic rings. The maximum Gasteiger partial charge on any atom is 0.175 e. The first kappa shape index (κ1) is 19.0. The molecule has 0 fully saturated rings. The van der Waals surface area contributed by atoms with Gasteiger partial charge in [-0.05, 0) is 59.5 Å². The third-order valence-corrected chi connectivity index (χ3v) is 5.50. The Morgan fingerprint density at radius 2 is 1.52 bits per heavy atom. The summed E-state index contributed by atoms with van der Waals surface area (Å²) in [7, 11) is -1.80. The van der Waals surface area contributed by atoms with E-state index in [0.717, 1.165) is 17.9 Å². The van der Waals surface area contributed by atoms with Crippen LogP contribution in [0.5, 0.6) is 5.75 Å². The highest BCUT2D eigenvalue weighted by Crippen LogP contribution is 2.37. The molecule has 0 unspecified atom stereocenters. The lowest BCUT2D eigenvalue weighted by atomic mass is 9.93. The minimum Gasteiger partial charge on any atom is -0.496 e. The van der Waals surface area contributed by atoms with E-state index >= 15 is 0 Å². The summed E-state index contributed by atoms with van der Waals surface area (Å²) in [4.78, 5) is 0.163. The standard InChI is InChI=1S/C21H18F2O3S/c1-13-12-15(6-11-19(13)26-2)20-17(9-10-18(22)21(20)23)14-4-7-16(8-5-14)27(3,24)25/h4-12H,1-3H3. The molecule has 0 atom stereocenters. The summed E-state index contributed by atoms with van der Waals surface area (Å²) in [6, 6.07) is 13.7. The minimum atomic E-state index is -3.34. The number of benzene rings is 3. The van der Waals surface area contributed by atoms with Crippen LogP contribution in [0.25, 0.3) is 22.3 Å². The third kappa shape index (κ3) is 3.71. The Balaban J connectivity index is 2.21. The Labute approximate surface area is 157 Å². The molecule has 0 heterocycles. The van der Waals surface area contributed by atoms with Crippen molar-refractivity contribution in [1.82, 2.24) is 0 Å². The minimum absolute atomic E-state index is 0.118. The molecule has 0 saturated heterocycles. The van der Waals surface area contributed by atoms with Crippen molar-refractivity contribution in [3.8, 4) is 28.0 Å². The average Bonchev–Trinajstić information content (AvgIpc) is 2.63. The molecule has 3 aromatic rings. The van der Waals surface area contributed by atoms with Crippen LogP contribution in [-0.4, -0.2) is 21.8 Å². The lowest BCUT2D eigenvalue weighted by molar-refractivity contribution is 0.412. The first-order valence-electron chi connectivity index (χ1n) is 8.16. The highest BCUT2D eigenvalue weighted by Gasteiger charge is 2.18. The number of ether oxygens (including phenoxy) is 1. The van der Waals surface area contributed by atoms with Crippen LogP contribution in [0.1, 0.15) is 5.56 Å². The molecule has 3 rings (SSSR count). The van der Waals surface area contributed by atoms with Crippen LogP contribution in [0, 0.1) is 18.6 Å². The molecule has 3 aromatic carbocycles. The molecule has 0 bridgehead atoms. The zero-order valence-electron chi connectivity index (χ0n) is 15.1. The van der Waals surface area contributed by atoms with Gasteiger partial charge in [0, 0.05) is 11.8 Å². The predicted molar refractivity (Wildman–Crippen MR) is 102 cm³/mol. The number of sulfone groups is 1. The predicted octanol–water partition coefficient (Wildman–Crippen LogP) is 5.02. The maximum absolute atomic E-state index is 14.7. The molecular weight excluding hydrogens is 370 g/mol. The number of rotatable bonds is 4. The Kier molecular flexibility index (Phi) is 5.02. The van der Waals surface area contributed by atoms with Crippen molar-refractivity contribution >= 4 is 9.84 Å². The normalized spacial score (nSPS) is 11.4. The lowest BCUT2D eigenvalue weighted by Crippen LogP contribution is -1.98. The van der Waals surface area contributed by atoms with Gasteiger partial charge in [0.05, 0.1) is 12.0 Å². The molecule has 3 nitrogen and oxygen atoms in total. The summed E-state index contributed by atoms with van der Waals surface area (Å²) in [6.45, 7) is 1.82. The Hall–Kier alpha value is -2.73. The van der Waals surface area contributed by atoms with Crippen molar-refractivity contribution in [3.63, 3.8) is 0 Å². The summed E-state index contributed by atoms with van der Waals surface area (Å²) in [5.41, 5.74) is 2.47. The SMILES string of the molecule is COc1ccc(-c2c(-c3ccc(S(C)(=O)=O)cc3)ccc(F)c2F)cc1C. The van der Waals surface area contributed by atoms with Crippen LogP contribution in [0.4, 0.5) is 8.78 Å². The summed E-state index contributed by atoms with van der Waals surface area (Å²) < 4.78 is 57.2. The third-order valence-electron chi connectivity index (χ3n) is 4.37. The second kappa shape index (κ2) is 7.12. The van der Waals surface area contributed by atoms with Gasteiger partial charge in [0.25, 0.3) is 0 Å². The molecule has 0 amide bonds. The van der Waals surface area contributed by atoms with Crippen molar-refractivity contribution in [2.75, 3.05) is 13.4 Å². The first-order chi connectivity index (χ1) is 12.7. The van der Waals surface area contributed by atoms with Crippen molar-refractivity contribution in [1.29, 1.82) is 0 Å². The Morgan fingerprint density at radius 3 is 2.07 bits per heavy atom. The summed E-state index contributed by atoms with van der Waals surface area (Å²) in [6.07, 6.45) is 1.12. The zero-order chi connectivity index (χ0) is 19.8. The van der Waals surface area contributed by atoms with E-state index in [1.165, 1.54) is 18.2 Å². The average molecular weight is 388 g/mol. The first-order valence-corrected chi connectivity index (χ1v) is 10.0. The van der Waals surface area contributed by atoms with Crippen LogP contribution in [-0.2, 0) is 9.84 Å². The molecule has 0 aliphatic heterocycles. The van der Waals surface area contributed by atoms with Crippen LogP contribution in [0.15, 0.2) is 59.5 Å². The van der Waals surface area contributed by atoms with Crippen LogP contribution in [0.2, 0.25) is 0 Å². The second-order valence-electron chi connectivity index (χ2n) is 6.26. The molecular formula is C21H18F2O3S. The molecule has 0 radical (unpaired) electrons. The molecule has 0 saturated carbocycles. The topological polar surface area (TPSA) is 43.4 Å². The number of halogens is 2. The van der Waals surface area contributed by atoms with E-state index in [2.05, 4.69) is 0 Å². The van der Waals surface area contributed by atoms with E-state index in [0.29, 0.717) is 22.4 Å². The van der Waals surface area contributed by atoms with Crippen molar-refractivity contribution in [3.05, 3.63) is 71.8 Å². The maximum atomic E-state index is 14.7. The largest absolute Gasteiger partial charge is 0.496 e. The van der Waals surface area contributed by atoms with Gasteiger partial charge in [-0.2, -0.15) is 0 Å². The highest BCUT2D eigenvalue weighted by atomic mass is 32.2. The number of aryl methyl sites for hydroxylation is 1. The van der Waals surface area contributed by atoms with Gasteiger partial charge in [-0.25, -0.2) is 17.2 Å². The van der Waals surface area contributed by atoms with Gasteiger partial charge in [-0.1, -0.05) is 24.3 Å². The van der Waals surface area contributed by atoms with Gasteiger partial charge in [0.15, 0.2) is 21.5 Å². The summed E-state index contributed by atoms with van der Waals surface area (Å²) in [5, 5.41) is 0. The smallest absolute Gasteiger partial charge is 0.175 e. The monoisotopic (exact) mass is 388 g/mol. The van der Waals surface area contributed by atoms with Gasteiger partial charge in [-0.15, -0.1) is 0 Å². The number of hydrogen-bond donors (Lipinski definition) is 0. The quantitative estimate of drug-likeness (QED) is 0.630. The summed E-state index contributed by atoms with van der Waals surface area (Å²) in [5.74, 6) is -1.26. The molecule has 27 heavy (non-hydrogen) atoms. The van der Waals surface area contributed by atoms with Gasteiger partial charge in [-0.3, -0.25) is 0 Å². The molecule has 6 heteroatoms. The molecule has 0 N–H and O–H groups in total. The highest BCUT2D eigenvalue weighted by molar-refractivity contribution is 7.90. The Bertz CT molecular complexity index is 1110. The van der Waals surface area contributed by atoms with Gasteiger partial charge in [0.2, 0.25) is 0 Å².